The first-order chi connectivity index (χ1) is 26.5. The van der Waals surface area contributed by atoms with E-state index in [0.717, 1.165) is 13.7 Å². The highest BCUT2D eigenvalue weighted by Crippen LogP contribution is 2.50. The molecule has 0 saturated heterocycles. The van der Waals surface area contributed by atoms with E-state index < -0.39 is 0 Å². The first kappa shape index (κ1) is 33.2. The van der Waals surface area contributed by atoms with Crippen LogP contribution in [0.3, 0.4) is 0 Å². The van der Waals surface area contributed by atoms with Gasteiger partial charge in [-0.25, -0.2) is 0 Å². The highest BCUT2D eigenvalue weighted by molar-refractivity contribution is 7.26. The molecule has 2 heterocycles. The van der Waals surface area contributed by atoms with E-state index in [9.17, 15) is 0 Å². The zero-order valence-corrected chi connectivity index (χ0v) is 33.6. The molecular formula is C52H46BNS. The average molecular weight is 728 g/mol. The van der Waals surface area contributed by atoms with E-state index >= 15 is 0 Å². The lowest BCUT2D eigenvalue weighted by molar-refractivity contribution is 0.332. The van der Waals surface area contributed by atoms with Gasteiger partial charge in [0.25, 0.3) is 0 Å². The molecule has 0 radical (unpaired) electrons. The molecule has 3 heteroatoms. The van der Waals surface area contributed by atoms with Gasteiger partial charge in [-0.2, -0.15) is 0 Å². The molecule has 1 atom stereocenters. The Morgan fingerprint density at radius 2 is 1.40 bits per heavy atom. The second-order valence-corrected chi connectivity index (χ2v) is 19.2. The summed E-state index contributed by atoms with van der Waals surface area (Å²) in [5.74, 6) is 0.328. The predicted octanol–water partition coefficient (Wildman–Crippen LogP) is 12.6. The van der Waals surface area contributed by atoms with Gasteiger partial charge in [-0.1, -0.05) is 135 Å². The van der Waals surface area contributed by atoms with Crippen LogP contribution in [0.2, 0.25) is 0 Å². The molecule has 1 unspecified atom stereocenters. The SMILES string of the molecule is Cc1cc(-c2c(Nc3cc4c(cc3C)C(C)(C)CCC4(C)C)ccc3c2sc2ccccc23)c2c(c1)C1Cc3cc4ccccc4cc3-c3cccc(c31)B2. The molecule has 7 aromatic carbocycles. The highest BCUT2D eigenvalue weighted by Gasteiger charge is 2.38. The number of aryl methyl sites for hydroxylation is 2. The van der Waals surface area contributed by atoms with Crippen LogP contribution in [0.15, 0.2) is 115 Å². The fourth-order valence-corrected chi connectivity index (χ4v) is 11.9. The monoisotopic (exact) mass is 727 g/mol. The van der Waals surface area contributed by atoms with Crippen LogP contribution in [-0.2, 0) is 17.3 Å². The summed E-state index contributed by atoms with van der Waals surface area (Å²) in [7, 11) is 0.940. The molecule has 0 fully saturated rings. The number of rotatable bonds is 3. The number of benzene rings is 7. The Hall–Kier alpha value is -5.12. The Labute approximate surface area is 329 Å². The third-order valence-electron chi connectivity index (χ3n) is 13.7. The molecular weight excluding hydrogens is 681 g/mol. The zero-order valence-electron chi connectivity index (χ0n) is 32.8. The number of thiophene rings is 1. The first-order valence-corrected chi connectivity index (χ1v) is 21.0. The summed E-state index contributed by atoms with van der Waals surface area (Å²) in [6.45, 7) is 14.3. The Morgan fingerprint density at radius 3 is 2.22 bits per heavy atom. The van der Waals surface area contributed by atoms with Gasteiger partial charge in [0.2, 0.25) is 0 Å². The van der Waals surface area contributed by atoms with Gasteiger partial charge in [0.15, 0.2) is 7.28 Å². The van der Waals surface area contributed by atoms with Crippen LogP contribution in [0, 0.1) is 13.8 Å². The van der Waals surface area contributed by atoms with Gasteiger partial charge in [0, 0.05) is 43.0 Å². The second kappa shape index (κ2) is 11.7. The molecule has 55 heavy (non-hydrogen) atoms. The molecule has 2 aliphatic carbocycles. The fourth-order valence-electron chi connectivity index (χ4n) is 10.6. The lowest BCUT2D eigenvalue weighted by Gasteiger charge is -2.42. The van der Waals surface area contributed by atoms with Crippen LogP contribution in [-0.4, -0.2) is 7.28 Å². The Bertz CT molecular complexity index is 2940. The summed E-state index contributed by atoms with van der Waals surface area (Å²) < 4.78 is 2.72. The molecule has 0 bridgehead atoms. The molecule has 1 aliphatic heterocycles. The number of hydrogen-bond donors (Lipinski definition) is 1. The summed E-state index contributed by atoms with van der Waals surface area (Å²) in [5.41, 5.74) is 21.4. The lowest BCUT2D eigenvalue weighted by Crippen LogP contribution is -2.42. The quantitative estimate of drug-likeness (QED) is 0.179. The van der Waals surface area contributed by atoms with E-state index in [0.29, 0.717) is 5.92 Å². The number of anilines is 2. The number of fused-ring (bicyclic) bond motifs is 9. The predicted molar refractivity (Wildman–Crippen MR) is 241 cm³/mol. The van der Waals surface area contributed by atoms with E-state index in [1.54, 1.807) is 5.56 Å². The average Bonchev–Trinajstić information content (AvgIpc) is 3.55. The van der Waals surface area contributed by atoms with Crippen molar-refractivity contribution >= 4 is 71.9 Å². The smallest absolute Gasteiger partial charge is 0.193 e. The van der Waals surface area contributed by atoms with Gasteiger partial charge in [-0.3, -0.25) is 0 Å². The van der Waals surface area contributed by atoms with Crippen LogP contribution < -0.4 is 16.2 Å². The van der Waals surface area contributed by atoms with Crippen molar-refractivity contribution in [3.05, 3.63) is 154 Å². The van der Waals surface area contributed by atoms with E-state index in [2.05, 4.69) is 162 Å². The molecule has 0 saturated carbocycles. The van der Waals surface area contributed by atoms with Gasteiger partial charge in [0.1, 0.15) is 0 Å². The van der Waals surface area contributed by atoms with Crippen LogP contribution in [0.1, 0.15) is 85.4 Å². The summed E-state index contributed by atoms with van der Waals surface area (Å²) >= 11 is 1.95. The second-order valence-electron chi connectivity index (χ2n) is 18.1. The van der Waals surface area contributed by atoms with Gasteiger partial charge in [-0.15, -0.1) is 11.3 Å². The van der Waals surface area contributed by atoms with Crippen molar-refractivity contribution in [3.63, 3.8) is 0 Å². The molecule has 1 N–H and O–H groups in total. The summed E-state index contributed by atoms with van der Waals surface area (Å²) in [5, 5.41) is 9.46. The molecule has 8 aromatic rings. The largest absolute Gasteiger partial charge is 0.355 e. The van der Waals surface area contributed by atoms with E-state index in [1.807, 2.05) is 11.3 Å². The minimum Gasteiger partial charge on any atom is -0.355 e. The summed E-state index contributed by atoms with van der Waals surface area (Å²) in [6.07, 6.45) is 3.45. The number of nitrogens with one attached hydrogen (secondary N) is 1. The fraction of sp³-hybridized carbons (Fsp3) is 0.231. The molecule has 1 nitrogen and oxygen atoms in total. The van der Waals surface area contributed by atoms with Crippen molar-refractivity contribution in [2.75, 3.05) is 5.32 Å². The molecule has 1 aromatic heterocycles. The van der Waals surface area contributed by atoms with Crippen molar-refractivity contribution in [1.82, 2.24) is 0 Å². The summed E-state index contributed by atoms with van der Waals surface area (Å²) in [4.78, 5) is 0. The number of hydrogen-bond acceptors (Lipinski definition) is 2. The third-order valence-corrected chi connectivity index (χ3v) is 14.9. The topological polar surface area (TPSA) is 12.0 Å². The maximum absolute atomic E-state index is 4.12. The van der Waals surface area contributed by atoms with Crippen LogP contribution in [0.25, 0.3) is 53.2 Å². The van der Waals surface area contributed by atoms with Gasteiger partial charge in [-0.05, 0) is 129 Å². The van der Waals surface area contributed by atoms with E-state index in [1.165, 1.54) is 122 Å². The summed E-state index contributed by atoms with van der Waals surface area (Å²) in [6, 6.07) is 44.6. The van der Waals surface area contributed by atoms with Crippen LogP contribution in [0.4, 0.5) is 11.4 Å². The lowest BCUT2D eigenvalue weighted by atomic mass is 9.50. The Kier molecular flexibility index (Phi) is 7.07. The van der Waals surface area contributed by atoms with Gasteiger partial charge >= 0.3 is 0 Å². The normalized spacial score (nSPS) is 17.3. The maximum atomic E-state index is 4.12. The van der Waals surface area contributed by atoms with Crippen LogP contribution >= 0.6 is 11.3 Å². The first-order valence-electron chi connectivity index (χ1n) is 20.2. The van der Waals surface area contributed by atoms with E-state index in [4.69, 9.17) is 0 Å². The van der Waals surface area contributed by atoms with Crippen molar-refractivity contribution < 1.29 is 0 Å². The maximum Gasteiger partial charge on any atom is 0.193 e. The minimum atomic E-state index is 0.139. The molecule has 11 rings (SSSR count). The van der Waals surface area contributed by atoms with Gasteiger partial charge < -0.3 is 5.32 Å². The van der Waals surface area contributed by atoms with Crippen molar-refractivity contribution in [1.29, 1.82) is 0 Å². The molecule has 3 aliphatic rings. The molecule has 0 spiro atoms. The van der Waals surface area contributed by atoms with Gasteiger partial charge in [0.05, 0.1) is 0 Å². The van der Waals surface area contributed by atoms with Crippen molar-refractivity contribution in [2.45, 2.75) is 77.6 Å². The zero-order chi connectivity index (χ0) is 37.4. The standard InChI is InChI=1S/C52H46BNS/c1-29-22-39-38-27-33-25-31-12-7-8-13-32(31)26-37(33)35-15-11-16-43(47(35)38)53-49(39)40(23-29)48-44(19-18-36-34-14-9-10-17-46(34)55-50(36)48)54-45-28-42-41(24-30(45)2)51(3,4)20-21-52(42,5)6/h7-19,22-26,28,38,53-54H,20-21,27H2,1-6H3. The Balaban J connectivity index is 1.13. The Morgan fingerprint density at radius 1 is 0.655 bits per heavy atom. The minimum absolute atomic E-state index is 0.139. The van der Waals surface area contributed by atoms with E-state index in [-0.39, 0.29) is 10.8 Å². The van der Waals surface area contributed by atoms with Crippen molar-refractivity contribution in [2.24, 2.45) is 0 Å². The third kappa shape index (κ3) is 4.98. The highest BCUT2D eigenvalue weighted by atomic mass is 32.1. The molecule has 0 amide bonds. The molecule has 268 valence electrons. The van der Waals surface area contributed by atoms with Crippen LogP contribution in [0.5, 0.6) is 0 Å². The van der Waals surface area contributed by atoms with Crippen molar-refractivity contribution in [3.8, 4) is 22.3 Å².